The van der Waals surface area contributed by atoms with Crippen molar-refractivity contribution in [2.45, 2.75) is 24.9 Å². The molecule has 0 bridgehead atoms. The van der Waals surface area contributed by atoms with Gasteiger partial charge in [-0.2, -0.15) is 0 Å². The lowest BCUT2D eigenvalue weighted by Gasteiger charge is -2.46. The summed E-state index contributed by atoms with van der Waals surface area (Å²) in [6.45, 7) is 0. The Hall–Kier alpha value is -3.98. The van der Waals surface area contributed by atoms with E-state index in [2.05, 4.69) is 0 Å². The minimum absolute atomic E-state index is 0.00921. The first-order valence-corrected chi connectivity index (χ1v) is 10.6. The molecule has 174 valence electrons. The van der Waals surface area contributed by atoms with Crippen LogP contribution in [0.3, 0.4) is 0 Å². The second-order valence-corrected chi connectivity index (χ2v) is 8.87. The summed E-state index contributed by atoms with van der Waals surface area (Å²) in [5.74, 6) is -7.47. The number of phenolic OH excluding ortho intramolecular Hbond substituents is 1. The molecule has 0 saturated heterocycles. The number of primary amides is 1. The van der Waals surface area contributed by atoms with Crippen LogP contribution in [0.1, 0.15) is 24.0 Å². The summed E-state index contributed by atoms with van der Waals surface area (Å²) in [7, 11) is 0. The highest BCUT2D eigenvalue weighted by Gasteiger charge is 2.60. The van der Waals surface area contributed by atoms with Gasteiger partial charge < -0.3 is 26.2 Å². The predicted molar refractivity (Wildman–Crippen MR) is 117 cm³/mol. The van der Waals surface area contributed by atoms with E-state index in [-0.39, 0.29) is 35.3 Å². The molecule has 0 unspecified atom stereocenters. The number of carbonyl (C=O) groups is 3. The molecule has 8 nitrogen and oxygen atoms in total. The molecule has 1 saturated carbocycles. The van der Waals surface area contributed by atoms with E-state index < -0.39 is 64.2 Å². The van der Waals surface area contributed by atoms with Crippen LogP contribution >= 0.6 is 0 Å². The van der Waals surface area contributed by atoms with Crippen molar-refractivity contribution >= 4 is 23.2 Å². The number of hydrogen-bond acceptors (Lipinski definition) is 7. The number of aliphatic hydroxyl groups excluding tert-OH is 2. The van der Waals surface area contributed by atoms with Gasteiger partial charge in [0.2, 0.25) is 5.78 Å². The van der Waals surface area contributed by atoms with Crippen molar-refractivity contribution in [3.05, 3.63) is 70.2 Å². The minimum atomic E-state index is -2.62. The topological polar surface area (TPSA) is 158 Å². The van der Waals surface area contributed by atoms with E-state index in [1.807, 2.05) is 0 Å². The number of ketones is 2. The number of aliphatic hydroxyl groups is 3. The Morgan fingerprint density at radius 1 is 1.03 bits per heavy atom. The molecular weight excluding hydrogens is 445 g/mol. The summed E-state index contributed by atoms with van der Waals surface area (Å²) >= 11 is 0. The van der Waals surface area contributed by atoms with Crippen LogP contribution < -0.4 is 5.73 Å². The zero-order valence-corrected chi connectivity index (χ0v) is 17.7. The van der Waals surface area contributed by atoms with Gasteiger partial charge in [0.1, 0.15) is 28.7 Å². The first-order chi connectivity index (χ1) is 16.1. The number of Topliss-reactive ketones (excluding diaryl/α,β-unsaturated/α-hetero) is 2. The number of carbonyl (C=O) groups excluding carboxylic acids is 3. The van der Waals surface area contributed by atoms with Gasteiger partial charge in [-0.1, -0.05) is 24.3 Å². The number of aromatic hydroxyl groups is 1. The number of benzene rings is 2. The summed E-state index contributed by atoms with van der Waals surface area (Å²) in [5, 5.41) is 43.4. The number of hydrogen-bond donors (Lipinski definition) is 5. The number of rotatable bonds is 2. The van der Waals surface area contributed by atoms with Crippen LogP contribution in [-0.2, 0) is 20.8 Å². The molecule has 0 spiro atoms. The van der Waals surface area contributed by atoms with E-state index in [9.17, 15) is 39.2 Å². The molecule has 0 aliphatic heterocycles. The Bertz CT molecular complexity index is 1380. The molecule has 5 rings (SSSR count). The standard InChI is InChI=1S/C25H20FNO7/c26-15-4-2-1-3-13(15)12-5-6-16(28)19-14(12)8-10-7-11-9-17(29)20(24(27)33)23(32)25(11,34)22(31)18(10)21(19)30/h1-6,10-11,28,30,32,34H,7-9H2,(H2,27,33)/t10-,11+,25+/m1/s1. The second kappa shape index (κ2) is 7.26. The smallest absolute Gasteiger partial charge is 0.255 e. The fourth-order valence-electron chi connectivity index (χ4n) is 5.55. The first kappa shape index (κ1) is 21.8. The van der Waals surface area contributed by atoms with Crippen LogP contribution in [0, 0.1) is 17.7 Å². The lowest BCUT2D eigenvalue weighted by molar-refractivity contribution is -0.147. The van der Waals surface area contributed by atoms with E-state index >= 15 is 0 Å². The zero-order valence-electron chi connectivity index (χ0n) is 17.7. The fraction of sp³-hybridized carbons (Fsp3) is 0.240. The molecule has 0 heterocycles. The Morgan fingerprint density at radius 2 is 1.74 bits per heavy atom. The van der Waals surface area contributed by atoms with Gasteiger partial charge >= 0.3 is 0 Å². The molecule has 3 atom stereocenters. The number of fused-ring (bicyclic) bond motifs is 3. The maximum Gasteiger partial charge on any atom is 0.255 e. The van der Waals surface area contributed by atoms with Gasteiger partial charge in [0.05, 0.1) is 5.56 Å². The largest absolute Gasteiger partial charge is 0.508 e. The van der Waals surface area contributed by atoms with Crippen molar-refractivity contribution in [2.24, 2.45) is 17.6 Å². The molecule has 2 aromatic carbocycles. The van der Waals surface area contributed by atoms with Gasteiger partial charge in [-0.15, -0.1) is 0 Å². The average molecular weight is 465 g/mol. The number of phenols is 1. The average Bonchev–Trinajstić information content (AvgIpc) is 2.77. The van der Waals surface area contributed by atoms with E-state index in [4.69, 9.17) is 5.73 Å². The van der Waals surface area contributed by atoms with E-state index in [1.165, 1.54) is 24.3 Å². The van der Waals surface area contributed by atoms with Crippen molar-refractivity contribution in [2.75, 3.05) is 0 Å². The number of amides is 1. The lowest BCUT2D eigenvalue weighted by atomic mass is 9.59. The highest BCUT2D eigenvalue weighted by molar-refractivity contribution is 6.22. The van der Waals surface area contributed by atoms with Crippen LogP contribution in [0.5, 0.6) is 5.75 Å². The third kappa shape index (κ3) is 2.76. The molecule has 3 aliphatic rings. The van der Waals surface area contributed by atoms with Crippen molar-refractivity contribution in [1.29, 1.82) is 0 Å². The van der Waals surface area contributed by atoms with Gasteiger partial charge in [-0.3, -0.25) is 14.4 Å². The fourth-order valence-corrected chi connectivity index (χ4v) is 5.55. The SMILES string of the molecule is NC(=O)C1=C(O)[C@@]2(O)C(=O)C3=C(O)c4c(O)ccc(-c5ccccc5F)c4C[C@H]3C[C@H]2CC1=O. The molecule has 2 aromatic rings. The maximum absolute atomic E-state index is 14.6. The Morgan fingerprint density at radius 3 is 2.41 bits per heavy atom. The molecule has 6 N–H and O–H groups in total. The second-order valence-electron chi connectivity index (χ2n) is 8.87. The highest BCUT2D eigenvalue weighted by atomic mass is 19.1. The van der Waals surface area contributed by atoms with Gasteiger partial charge in [-0.05, 0) is 42.0 Å². The van der Waals surface area contributed by atoms with Gasteiger partial charge in [0, 0.05) is 23.5 Å². The normalized spacial score (nSPS) is 26.2. The van der Waals surface area contributed by atoms with Crippen LogP contribution in [0.25, 0.3) is 16.9 Å². The highest BCUT2D eigenvalue weighted by Crippen LogP contribution is 2.53. The molecule has 0 radical (unpaired) electrons. The number of halogens is 1. The summed E-state index contributed by atoms with van der Waals surface area (Å²) in [6, 6.07) is 8.79. The molecule has 1 fully saturated rings. The summed E-state index contributed by atoms with van der Waals surface area (Å²) < 4.78 is 14.6. The summed E-state index contributed by atoms with van der Waals surface area (Å²) in [6.07, 6.45) is -0.288. The number of nitrogens with two attached hydrogens (primary N) is 1. The first-order valence-electron chi connectivity index (χ1n) is 10.6. The van der Waals surface area contributed by atoms with E-state index in [0.29, 0.717) is 11.1 Å². The van der Waals surface area contributed by atoms with Gasteiger partial charge in [0.15, 0.2) is 11.4 Å². The Balaban J connectivity index is 1.73. The Kier molecular flexibility index (Phi) is 4.66. The summed E-state index contributed by atoms with van der Waals surface area (Å²) in [4.78, 5) is 37.6. The predicted octanol–water partition coefficient (Wildman–Crippen LogP) is 2.23. The van der Waals surface area contributed by atoms with Crippen LogP contribution in [0.15, 0.2) is 53.3 Å². The van der Waals surface area contributed by atoms with Crippen molar-refractivity contribution in [3.8, 4) is 16.9 Å². The molecule has 1 amide bonds. The minimum Gasteiger partial charge on any atom is -0.508 e. The molecular formula is C25H20FNO7. The summed E-state index contributed by atoms with van der Waals surface area (Å²) in [5.41, 5.74) is 2.48. The van der Waals surface area contributed by atoms with E-state index in [0.717, 1.165) is 0 Å². The third-order valence-corrected chi connectivity index (χ3v) is 7.11. The van der Waals surface area contributed by atoms with E-state index in [1.54, 1.807) is 12.1 Å². The van der Waals surface area contributed by atoms with Crippen molar-refractivity contribution < 1.29 is 39.2 Å². The van der Waals surface area contributed by atoms with Crippen molar-refractivity contribution in [1.82, 2.24) is 0 Å². The van der Waals surface area contributed by atoms with Gasteiger partial charge in [-0.25, -0.2) is 4.39 Å². The van der Waals surface area contributed by atoms with Crippen LogP contribution in [0.4, 0.5) is 4.39 Å². The van der Waals surface area contributed by atoms with Crippen LogP contribution in [-0.4, -0.2) is 43.5 Å². The van der Waals surface area contributed by atoms with Gasteiger partial charge in [0.25, 0.3) is 5.91 Å². The molecule has 0 aromatic heterocycles. The quantitative estimate of drug-likeness (QED) is 0.426. The molecule has 9 heteroatoms. The zero-order chi connectivity index (χ0) is 24.5. The lowest BCUT2D eigenvalue weighted by Crippen LogP contribution is -2.58. The monoisotopic (exact) mass is 465 g/mol. The molecule has 3 aliphatic carbocycles. The maximum atomic E-state index is 14.6. The Labute approximate surface area is 192 Å². The van der Waals surface area contributed by atoms with Crippen LogP contribution in [0.2, 0.25) is 0 Å². The molecule has 34 heavy (non-hydrogen) atoms. The van der Waals surface area contributed by atoms with Crippen molar-refractivity contribution in [3.63, 3.8) is 0 Å². The third-order valence-electron chi connectivity index (χ3n) is 7.11.